The average Bonchev–Trinajstić information content (AvgIpc) is 3.02. The Balaban J connectivity index is 2.03. The molecule has 2 aromatic carbocycles. The van der Waals surface area contributed by atoms with Gasteiger partial charge in [0.05, 0.1) is 16.6 Å². The van der Waals surface area contributed by atoms with E-state index in [1.165, 1.54) is 12.1 Å². The number of halogens is 1. The summed E-state index contributed by atoms with van der Waals surface area (Å²) < 4.78 is 13.3. The van der Waals surface area contributed by atoms with E-state index in [1.807, 2.05) is 25.1 Å². The van der Waals surface area contributed by atoms with Crippen molar-refractivity contribution in [2.45, 2.75) is 6.92 Å². The molecule has 0 aliphatic rings. The van der Waals surface area contributed by atoms with Crippen molar-refractivity contribution in [3.8, 4) is 11.4 Å². The van der Waals surface area contributed by atoms with Gasteiger partial charge in [-0.1, -0.05) is 12.1 Å². The predicted molar refractivity (Wildman–Crippen MR) is 75.9 cm³/mol. The van der Waals surface area contributed by atoms with E-state index in [2.05, 4.69) is 20.2 Å². The molecule has 0 unspecified atom stereocenters. The Kier molecular flexibility index (Phi) is 2.18. The number of aromatic amines is 2. The molecule has 0 spiro atoms. The van der Waals surface area contributed by atoms with E-state index in [0.717, 1.165) is 33.5 Å². The third kappa shape index (κ3) is 1.53. The molecule has 2 heterocycles. The van der Waals surface area contributed by atoms with Crippen LogP contribution in [0.15, 0.2) is 36.4 Å². The number of imidazole rings is 1. The fourth-order valence-electron chi connectivity index (χ4n) is 2.53. The van der Waals surface area contributed by atoms with Crippen LogP contribution in [-0.4, -0.2) is 20.2 Å². The SMILES string of the molecule is Cc1[nH]nc2cccc(-c3nc4ccc(F)cc4[nH]3)c12. The van der Waals surface area contributed by atoms with Gasteiger partial charge in [-0.2, -0.15) is 5.10 Å². The molecule has 0 amide bonds. The highest BCUT2D eigenvalue weighted by molar-refractivity contribution is 5.96. The van der Waals surface area contributed by atoms with Gasteiger partial charge in [0, 0.05) is 16.6 Å². The summed E-state index contributed by atoms with van der Waals surface area (Å²) in [6.45, 7) is 1.97. The monoisotopic (exact) mass is 266 g/mol. The predicted octanol–water partition coefficient (Wildman–Crippen LogP) is 3.55. The Labute approximate surface area is 113 Å². The largest absolute Gasteiger partial charge is 0.338 e. The quantitative estimate of drug-likeness (QED) is 0.553. The molecule has 0 saturated heterocycles. The van der Waals surface area contributed by atoms with Crippen molar-refractivity contribution in [2.75, 3.05) is 0 Å². The highest BCUT2D eigenvalue weighted by Crippen LogP contribution is 2.29. The van der Waals surface area contributed by atoms with Crippen molar-refractivity contribution in [1.29, 1.82) is 0 Å². The van der Waals surface area contributed by atoms with Gasteiger partial charge in [-0.3, -0.25) is 5.10 Å². The third-order valence-electron chi connectivity index (χ3n) is 3.46. The number of fused-ring (bicyclic) bond motifs is 2. The summed E-state index contributed by atoms with van der Waals surface area (Å²) in [5.41, 5.74) is 4.29. The lowest BCUT2D eigenvalue weighted by atomic mass is 10.1. The number of nitrogens with zero attached hydrogens (tertiary/aromatic N) is 2. The summed E-state index contributed by atoms with van der Waals surface area (Å²) in [5.74, 6) is 0.450. The van der Waals surface area contributed by atoms with E-state index in [4.69, 9.17) is 0 Å². The Morgan fingerprint density at radius 3 is 2.90 bits per heavy atom. The fraction of sp³-hybridized carbons (Fsp3) is 0.0667. The molecule has 20 heavy (non-hydrogen) atoms. The Morgan fingerprint density at radius 1 is 1.10 bits per heavy atom. The molecule has 0 saturated carbocycles. The molecule has 0 radical (unpaired) electrons. The molecule has 0 bridgehead atoms. The van der Waals surface area contributed by atoms with E-state index in [9.17, 15) is 4.39 Å². The molecular formula is C15H11FN4. The third-order valence-corrected chi connectivity index (χ3v) is 3.46. The lowest BCUT2D eigenvalue weighted by Gasteiger charge is -1.99. The maximum atomic E-state index is 13.3. The van der Waals surface area contributed by atoms with Gasteiger partial charge in [0.15, 0.2) is 0 Å². The normalized spacial score (nSPS) is 11.5. The van der Waals surface area contributed by atoms with Crippen molar-refractivity contribution in [1.82, 2.24) is 20.2 Å². The Bertz CT molecular complexity index is 936. The first-order valence-corrected chi connectivity index (χ1v) is 6.32. The van der Waals surface area contributed by atoms with Crippen molar-refractivity contribution < 1.29 is 4.39 Å². The van der Waals surface area contributed by atoms with E-state index in [0.29, 0.717) is 5.52 Å². The lowest BCUT2D eigenvalue weighted by molar-refractivity contribution is 0.629. The van der Waals surface area contributed by atoms with Crippen LogP contribution in [-0.2, 0) is 0 Å². The van der Waals surface area contributed by atoms with Crippen LogP contribution in [0, 0.1) is 12.7 Å². The first-order valence-electron chi connectivity index (χ1n) is 6.32. The van der Waals surface area contributed by atoms with Gasteiger partial charge in [0.25, 0.3) is 0 Å². The van der Waals surface area contributed by atoms with Crippen LogP contribution < -0.4 is 0 Å². The van der Waals surface area contributed by atoms with Crippen LogP contribution in [0.3, 0.4) is 0 Å². The molecule has 0 aliphatic carbocycles. The summed E-state index contributed by atoms with van der Waals surface area (Å²) in [6.07, 6.45) is 0. The highest BCUT2D eigenvalue weighted by Gasteiger charge is 2.12. The summed E-state index contributed by atoms with van der Waals surface area (Å²) in [5, 5.41) is 8.26. The summed E-state index contributed by atoms with van der Waals surface area (Å²) in [6, 6.07) is 10.4. The Morgan fingerprint density at radius 2 is 2.00 bits per heavy atom. The number of nitrogens with one attached hydrogen (secondary N) is 2. The molecule has 0 atom stereocenters. The summed E-state index contributed by atoms with van der Waals surface area (Å²) in [4.78, 5) is 7.70. The van der Waals surface area contributed by atoms with Crippen molar-refractivity contribution in [2.24, 2.45) is 0 Å². The standard InChI is InChI=1S/C15H11FN4/c1-8-14-10(3-2-4-12(14)20-19-8)15-17-11-6-5-9(16)7-13(11)18-15/h2-7H,1H3,(H,17,18)(H,19,20). The van der Waals surface area contributed by atoms with Gasteiger partial charge in [-0.05, 0) is 31.2 Å². The fourth-order valence-corrected chi connectivity index (χ4v) is 2.53. The van der Waals surface area contributed by atoms with Gasteiger partial charge in [0.1, 0.15) is 11.6 Å². The molecule has 4 rings (SSSR count). The minimum Gasteiger partial charge on any atom is -0.338 e. The van der Waals surface area contributed by atoms with Crippen molar-refractivity contribution in [3.05, 3.63) is 47.9 Å². The van der Waals surface area contributed by atoms with Crippen LogP contribution in [0.25, 0.3) is 33.3 Å². The molecule has 98 valence electrons. The number of aromatic nitrogens is 4. The summed E-state index contributed by atoms with van der Waals surface area (Å²) >= 11 is 0. The number of H-pyrrole nitrogens is 2. The zero-order valence-corrected chi connectivity index (χ0v) is 10.7. The zero-order valence-electron chi connectivity index (χ0n) is 10.7. The van der Waals surface area contributed by atoms with Crippen molar-refractivity contribution >= 4 is 21.9 Å². The van der Waals surface area contributed by atoms with E-state index in [1.54, 1.807) is 6.07 Å². The maximum Gasteiger partial charge on any atom is 0.139 e. The Hall–Kier alpha value is -2.69. The minimum atomic E-state index is -0.273. The number of aryl methyl sites for hydroxylation is 1. The van der Waals surface area contributed by atoms with E-state index in [-0.39, 0.29) is 5.82 Å². The molecule has 4 nitrogen and oxygen atoms in total. The molecular weight excluding hydrogens is 255 g/mol. The van der Waals surface area contributed by atoms with Gasteiger partial charge in [0.2, 0.25) is 0 Å². The van der Waals surface area contributed by atoms with Gasteiger partial charge >= 0.3 is 0 Å². The number of benzene rings is 2. The second kappa shape index (κ2) is 3.90. The minimum absolute atomic E-state index is 0.273. The van der Waals surface area contributed by atoms with Gasteiger partial charge in [-0.25, -0.2) is 9.37 Å². The second-order valence-corrected chi connectivity index (χ2v) is 4.80. The van der Waals surface area contributed by atoms with Crippen LogP contribution in [0.1, 0.15) is 5.69 Å². The molecule has 2 aromatic heterocycles. The van der Waals surface area contributed by atoms with Crippen LogP contribution in [0.5, 0.6) is 0 Å². The van der Waals surface area contributed by atoms with Crippen molar-refractivity contribution in [3.63, 3.8) is 0 Å². The first kappa shape index (κ1) is 11.2. The molecule has 0 fully saturated rings. The van der Waals surface area contributed by atoms with E-state index >= 15 is 0 Å². The number of rotatable bonds is 1. The van der Waals surface area contributed by atoms with Gasteiger partial charge < -0.3 is 4.98 Å². The maximum absolute atomic E-state index is 13.3. The summed E-state index contributed by atoms with van der Waals surface area (Å²) in [7, 11) is 0. The number of hydrogen-bond donors (Lipinski definition) is 2. The van der Waals surface area contributed by atoms with Crippen LogP contribution in [0.2, 0.25) is 0 Å². The van der Waals surface area contributed by atoms with Crippen LogP contribution >= 0.6 is 0 Å². The van der Waals surface area contributed by atoms with E-state index < -0.39 is 0 Å². The van der Waals surface area contributed by atoms with Crippen LogP contribution in [0.4, 0.5) is 4.39 Å². The smallest absolute Gasteiger partial charge is 0.139 e. The lowest BCUT2D eigenvalue weighted by Crippen LogP contribution is -1.83. The molecule has 2 N–H and O–H groups in total. The average molecular weight is 266 g/mol. The van der Waals surface area contributed by atoms with Gasteiger partial charge in [-0.15, -0.1) is 0 Å². The highest BCUT2D eigenvalue weighted by atomic mass is 19.1. The molecule has 5 heteroatoms. The topological polar surface area (TPSA) is 57.4 Å². The first-order chi connectivity index (χ1) is 9.72. The zero-order chi connectivity index (χ0) is 13.7. The molecule has 0 aliphatic heterocycles. The number of hydrogen-bond acceptors (Lipinski definition) is 2. The second-order valence-electron chi connectivity index (χ2n) is 4.80. The molecule has 4 aromatic rings.